The van der Waals surface area contributed by atoms with Crippen LogP contribution in [0.4, 0.5) is 11.4 Å². The highest BCUT2D eigenvalue weighted by Crippen LogP contribution is 2.39. The molecule has 4 heteroatoms. The van der Waals surface area contributed by atoms with Crippen LogP contribution in [0.15, 0.2) is 30.5 Å². The van der Waals surface area contributed by atoms with E-state index in [1.165, 1.54) is 0 Å². The lowest BCUT2D eigenvalue weighted by Crippen LogP contribution is -2.28. The highest BCUT2D eigenvalue weighted by atomic mass is 16.5. The fourth-order valence-electron chi connectivity index (χ4n) is 2.37. The number of likely N-dealkylation sites (N-methyl/N-ethyl adjacent to an activating group) is 1. The van der Waals surface area contributed by atoms with Crippen molar-refractivity contribution in [3.8, 4) is 16.9 Å². The number of anilines is 2. The second-order valence-corrected chi connectivity index (χ2v) is 4.86. The van der Waals surface area contributed by atoms with E-state index in [4.69, 9.17) is 10.5 Å². The van der Waals surface area contributed by atoms with E-state index >= 15 is 0 Å². The summed E-state index contributed by atoms with van der Waals surface area (Å²) in [6.45, 7) is 3.57. The fraction of sp³-hybridized carbons (Fsp3) is 0.267. The molecule has 2 N–H and O–H groups in total. The fourth-order valence-corrected chi connectivity index (χ4v) is 2.37. The van der Waals surface area contributed by atoms with Gasteiger partial charge < -0.3 is 15.4 Å². The van der Waals surface area contributed by atoms with Crippen molar-refractivity contribution >= 4 is 11.4 Å². The standard InChI is InChI=1S/C15H17N3O/c1-10-7-11(3-4-17-10)12-8-15-14(9-13(12)16)18(2)5-6-19-15/h3-4,7-9H,5-6,16H2,1-2H3. The molecule has 2 heterocycles. The minimum Gasteiger partial charge on any atom is -0.490 e. The van der Waals surface area contributed by atoms with Crippen LogP contribution in [0.5, 0.6) is 5.75 Å². The number of fused-ring (bicyclic) bond motifs is 1. The van der Waals surface area contributed by atoms with Crippen LogP contribution in [0.25, 0.3) is 11.1 Å². The van der Waals surface area contributed by atoms with Gasteiger partial charge in [0.15, 0.2) is 0 Å². The molecule has 19 heavy (non-hydrogen) atoms. The van der Waals surface area contributed by atoms with Gasteiger partial charge in [-0.1, -0.05) is 0 Å². The second kappa shape index (κ2) is 4.46. The Morgan fingerprint density at radius 1 is 1.32 bits per heavy atom. The van der Waals surface area contributed by atoms with E-state index in [1.807, 2.05) is 31.2 Å². The van der Waals surface area contributed by atoms with Crippen LogP contribution in [-0.4, -0.2) is 25.2 Å². The summed E-state index contributed by atoms with van der Waals surface area (Å²) >= 11 is 0. The number of ether oxygens (including phenoxy) is 1. The van der Waals surface area contributed by atoms with Crippen molar-refractivity contribution in [2.24, 2.45) is 0 Å². The normalized spacial score (nSPS) is 13.9. The predicted molar refractivity (Wildman–Crippen MR) is 77.6 cm³/mol. The number of benzene rings is 1. The first-order valence-electron chi connectivity index (χ1n) is 6.35. The Morgan fingerprint density at radius 3 is 2.95 bits per heavy atom. The van der Waals surface area contributed by atoms with Crippen LogP contribution in [0.1, 0.15) is 5.69 Å². The topological polar surface area (TPSA) is 51.4 Å². The summed E-state index contributed by atoms with van der Waals surface area (Å²) in [4.78, 5) is 6.38. The summed E-state index contributed by atoms with van der Waals surface area (Å²) in [5.74, 6) is 0.896. The summed E-state index contributed by atoms with van der Waals surface area (Å²) < 4.78 is 5.73. The molecule has 0 amide bonds. The van der Waals surface area contributed by atoms with Gasteiger partial charge in [-0.25, -0.2) is 0 Å². The largest absolute Gasteiger partial charge is 0.490 e. The molecular weight excluding hydrogens is 238 g/mol. The van der Waals surface area contributed by atoms with Crippen LogP contribution < -0.4 is 15.4 Å². The van der Waals surface area contributed by atoms with Gasteiger partial charge in [0.2, 0.25) is 0 Å². The van der Waals surface area contributed by atoms with E-state index in [2.05, 4.69) is 16.9 Å². The molecule has 0 saturated heterocycles. The second-order valence-electron chi connectivity index (χ2n) is 4.86. The third-order valence-corrected chi connectivity index (χ3v) is 3.43. The molecule has 4 nitrogen and oxygen atoms in total. The first-order valence-corrected chi connectivity index (χ1v) is 6.35. The zero-order valence-electron chi connectivity index (χ0n) is 11.2. The smallest absolute Gasteiger partial charge is 0.143 e. The predicted octanol–water partition coefficient (Wildman–Crippen LogP) is 2.47. The number of aromatic nitrogens is 1. The quantitative estimate of drug-likeness (QED) is 0.795. The summed E-state index contributed by atoms with van der Waals surface area (Å²) in [7, 11) is 2.05. The molecule has 0 fully saturated rings. The van der Waals surface area contributed by atoms with Crippen LogP contribution in [0, 0.1) is 6.92 Å². The zero-order valence-corrected chi connectivity index (χ0v) is 11.2. The molecule has 0 bridgehead atoms. The molecule has 1 aliphatic rings. The number of rotatable bonds is 1. The number of hydrogen-bond acceptors (Lipinski definition) is 4. The molecule has 2 aromatic rings. The van der Waals surface area contributed by atoms with Crippen molar-refractivity contribution in [3.05, 3.63) is 36.2 Å². The van der Waals surface area contributed by atoms with Gasteiger partial charge in [-0.15, -0.1) is 0 Å². The Bertz CT molecular complexity index is 625. The molecule has 3 rings (SSSR count). The van der Waals surface area contributed by atoms with Crippen LogP contribution >= 0.6 is 0 Å². The molecule has 0 atom stereocenters. The number of hydrogen-bond donors (Lipinski definition) is 1. The number of nitrogens with zero attached hydrogens (tertiary/aromatic N) is 2. The van der Waals surface area contributed by atoms with Gasteiger partial charge in [-0.2, -0.15) is 0 Å². The SMILES string of the molecule is Cc1cc(-c2cc3c(cc2N)N(C)CCO3)ccn1. The maximum absolute atomic E-state index is 6.19. The van der Waals surface area contributed by atoms with Crippen molar-refractivity contribution in [1.29, 1.82) is 0 Å². The summed E-state index contributed by atoms with van der Waals surface area (Å²) in [5, 5.41) is 0. The Morgan fingerprint density at radius 2 is 2.16 bits per heavy atom. The maximum Gasteiger partial charge on any atom is 0.143 e. The molecule has 1 aromatic heterocycles. The molecule has 0 spiro atoms. The average Bonchev–Trinajstić information content (AvgIpc) is 2.39. The zero-order chi connectivity index (χ0) is 13.4. The van der Waals surface area contributed by atoms with E-state index in [0.717, 1.165) is 40.5 Å². The Labute approximate surface area is 112 Å². The minimum atomic E-state index is 0.711. The first-order chi connectivity index (χ1) is 9.15. The maximum atomic E-state index is 6.19. The van der Waals surface area contributed by atoms with Gasteiger partial charge in [0.25, 0.3) is 0 Å². The van der Waals surface area contributed by atoms with E-state index in [1.54, 1.807) is 6.20 Å². The van der Waals surface area contributed by atoms with Crippen molar-refractivity contribution in [2.75, 3.05) is 30.8 Å². The molecule has 1 aromatic carbocycles. The molecule has 0 saturated carbocycles. The van der Waals surface area contributed by atoms with Crippen LogP contribution in [0.2, 0.25) is 0 Å². The third-order valence-electron chi connectivity index (χ3n) is 3.43. The molecule has 0 radical (unpaired) electrons. The first kappa shape index (κ1) is 11.8. The van der Waals surface area contributed by atoms with E-state index in [9.17, 15) is 0 Å². The van der Waals surface area contributed by atoms with Gasteiger partial charge >= 0.3 is 0 Å². The summed E-state index contributed by atoms with van der Waals surface area (Å²) in [6, 6.07) is 8.01. The van der Waals surface area contributed by atoms with Gasteiger partial charge in [-0.05, 0) is 36.8 Å². The number of pyridine rings is 1. The Balaban J connectivity index is 2.13. The Hall–Kier alpha value is -2.23. The monoisotopic (exact) mass is 255 g/mol. The lowest BCUT2D eigenvalue weighted by Gasteiger charge is -2.28. The van der Waals surface area contributed by atoms with Crippen LogP contribution in [-0.2, 0) is 0 Å². The van der Waals surface area contributed by atoms with Crippen molar-refractivity contribution in [2.45, 2.75) is 6.92 Å². The summed E-state index contributed by atoms with van der Waals surface area (Å²) in [5.41, 5.74) is 11.1. The highest BCUT2D eigenvalue weighted by Gasteiger charge is 2.17. The third kappa shape index (κ3) is 2.10. The molecule has 98 valence electrons. The molecule has 0 aliphatic carbocycles. The lowest BCUT2D eigenvalue weighted by atomic mass is 10.0. The van der Waals surface area contributed by atoms with E-state index < -0.39 is 0 Å². The van der Waals surface area contributed by atoms with Crippen molar-refractivity contribution < 1.29 is 4.74 Å². The molecule has 1 aliphatic heterocycles. The summed E-state index contributed by atoms with van der Waals surface area (Å²) in [6.07, 6.45) is 1.80. The van der Waals surface area contributed by atoms with Crippen LogP contribution in [0.3, 0.4) is 0 Å². The molecular formula is C15H17N3O. The minimum absolute atomic E-state index is 0.711. The van der Waals surface area contributed by atoms with Gasteiger partial charge in [0, 0.05) is 30.2 Å². The van der Waals surface area contributed by atoms with Gasteiger partial charge in [-0.3, -0.25) is 4.98 Å². The molecule has 0 unspecified atom stereocenters. The highest BCUT2D eigenvalue weighted by molar-refractivity contribution is 5.83. The van der Waals surface area contributed by atoms with E-state index in [-0.39, 0.29) is 0 Å². The van der Waals surface area contributed by atoms with Gasteiger partial charge in [0.05, 0.1) is 12.2 Å². The lowest BCUT2D eigenvalue weighted by molar-refractivity contribution is 0.311. The van der Waals surface area contributed by atoms with Gasteiger partial charge in [0.1, 0.15) is 12.4 Å². The van der Waals surface area contributed by atoms with Crippen molar-refractivity contribution in [1.82, 2.24) is 4.98 Å². The average molecular weight is 255 g/mol. The number of nitrogen functional groups attached to an aromatic ring is 1. The number of nitrogens with two attached hydrogens (primary N) is 1. The number of aryl methyl sites for hydroxylation is 1. The van der Waals surface area contributed by atoms with Crippen molar-refractivity contribution in [3.63, 3.8) is 0 Å². The Kier molecular flexibility index (Phi) is 2.78. The van der Waals surface area contributed by atoms with E-state index in [0.29, 0.717) is 6.61 Å².